The fourth-order valence-electron chi connectivity index (χ4n) is 4.13. The molecule has 0 aliphatic carbocycles. The Morgan fingerprint density at radius 3 is 2.86 bits per heavy atom. The number of benzene rings is 1. The summed E-state index contributed by atoms with van der Waals surface area (Å²) in [6.45, 7) is 6.69. The molecule has 4 aromatic rings. The van der Waals surface area contributed by atoms with Crippen molar-refractivity contribution in [2.24, 2.45) is 0 Å². The lowest BCUT2D eigenvalue weighted by Gasteiger charge is -2.22. The predicted octanol–water partition coefficient (Wildman–Crippen LogP) is 3.51. The summed E-state index contributed by atoms with van der Waals surface area (Å²) in [5, 5.41) is 4.51. The molecular weight excluding hydrogens is 352 g/mol. The molecular formula is C21H22N6O. The third-order valence-electron chi connectivity index (χ3n) is 5.44. The zero-order chi connectivity index (χ0) is 19.4. The second kappa shape index (κ2) is 6.15. The normalized spacial score (nSPS) is 17.1. The first-order valence-electron chi connectivity index (χ1n) is 9.61. The fourth-order valence-corrected chi connectivity index (χ4v) is 4.13. The van der Waals surface area contributed by atoms with Crippen LogP contribution < -0.4 is 0 Å². The Kier molecular flexibility index (Phi) is 3.72. The van der Waals surface area contributed by atoms with Crippen molar-refractivity contribution >= 4 is 22.6 Å². The van der Waals surface area contributed by atoms with Crippen molar-refractivity contribution in [3.63, 3.8) is 0 Å². The van der Waals surface area contributed by atoms with Gasteiger partial charge in [-0.25, -0.2) is 14.5 Å². The van der Waals surface area contributed by atoms with E-state index in [-0.39, 0.29) is 11.9 Å². The van der Waals surface area contributed by atoms with Crippen LogP contribution in [0.1, 0.15) is 52.1 Å². The number of aromatic nitrogens is 5. The molecule has 0 unspecified atom stereocenters. The Morgan fingerprint density at radius 1 is 1.14 bits per heavy atom. The second-order valence-electron chi connectivity index (χ2n) is 7.64. The van der Waals surface area contributed by atoms with Gasteiger partial charge < -0.3 is 9.88 Å². The van der Waals surface area contributed by atoms with Gasteiger partial charge in [0, 0.05) is 24.0 Å². The van der Waals surface area contributed by atoms with E-state index in [1.807, 2.05) is 30.9 Å². The van der Waals surface area contributed by atoms with E-state index in [0.717, 1.165) is 41.1 Å². The highest BCUT2D eigenvalue weighted by Gasteiger charge is 2.34. The number of rotatable bonds is 2. The van der Waals surface area contributed by atoms with Gasteiger partial charge >= 0.3 is 0 Å². The van der Waals surface area contributed by atoms with Gasteiger partial charge in [-0.2, -0.15) is 5.10 Å². The molecule has 1 aliphatic heterocycles. The number of nitrogens with one attached hydrogen (secondary N) is 1. The molecule has 1 aromatic carbocycles. The number of hydrogen-bond acceptors (Lipinski definition) is 4. The number of hydrogen-bond donors (Lipinski definition) is 1. The zero-order valence-corrected chi connectivity index (χ0v) is 16.2. The third kappa shape index (κ3) is 2.66. The molecule has 1 fully saturated rings. The Balaban J connectivity index is 1.50. The summed E-state index contributed by atoms with van der Waals surface area (Å²) in [4.78, 5) is 27.8. The van der Waals surface area contributed by atoms with Crippen LogP contribution in [0, 0.1) is 20.8 Å². The van der Waals surface area contributed by atoms with E-state index in [1.54, 1.807) is 10.6 Å². The van der Waals surface area contributed by atoms with Gasteiger partial charge in [0.2, 0.25) is 0 Å². The molecule has 1 amide bonds. The topological polar surface area (TPSA) is 79.2 Å². The third-order valence-corrected chi connectivity index (χ3v) is 5.44. The van der Waals surface area contributed by atoms with Crippen LogP contribution in [0.25, 0.3) is 16.7 Å². The lowest BCUT2D eigenvalue weighted by atomic mass is 10.2. The molecule has 7 heteroatoms. The van der Waals surface area contributed by atoms with Crippen LogP contribution in [0.5, 0.6) is 0 Å². The Bertz CT molecular complexity index is 1220. The molecule has 1 saturated heterocycles. The van der Waals surface area contributed by atoms with Crippen molar-refractivity contribution in [2.75, 3.05) is 6.54 Å². The first kappa shape index (κ1) is 16.9. The van der Waals surface area contributed by atoms with E-state index in [9.17, 15) is 4.79 Å². The number of nitrogens with zero attached hydrogens (tertiary/aromatic N) is 5. The molecule has 0 saturated carbocycles. The number of aromatic amines is 1. The number of amides is 1. The highest BCUT2D eigenvalue weighted by Crippen LogP contribution is 2.32. The van der Waals surface area contributed by atoms with Crippen LogP contribution in [0.2, 0.25) is 0 Å². The summed E-state index contributed by atoms with van der Waals surface area (Å²) in [6.07, 6.45) is 1.85. The predicted molar refractivity (Wildman–Crippen MR) is 106 cm³/mol. The van der Waals surface area contributed by atoms with Crippen molar-refractivity contribution in [1.29, 1.82) is 0 Å². The number of aryl methyl sites for hydroxylation is 3. The molecule has 7 nitrogen and oxygen atoms in total. The molecule has 1 N–H and O–H groups in total. The van der Waals surface area contributed by atoms with Gasteiger partial charge in [0.05, 0.1) is 17.1 Å². The summed E-state index contributed by atoms with van der Waals surface area (Å²) in [5.41, 5.74) is 6.15. The molecule has 1 aliphatic rings. The molecule has 5 rings (SSSR count). The van der Waals surface area contributed by atoms with Crippen molar-refractivity contribution in [3.05, 3.63) is 58.8 Å². The van der Waals surface area contributed by atoms with Crippen molar-refractivity contribution < 1.29 is 4.79 Å². The minimum Gasteiger partial charge on any atom is -0.340 e. The van der Waals surface area contributed by atoms with Crippen molar-refractivity contribution in [2.45, 2.75) is 39.7 Å². The summed E-state index contributed by atoms with van der Waals surface area (Å²) < 4.78 is 1.73. The maximum atomic E-state index is 13.2. The SMILES string of the molecule is Cc1ccc2nc([C@H]3CCCN3C(=O)c3cc4nc(C)cc(C)n4n3)[nH]c2c1. The van der Waals surface area contributed by atoms with Crippen molar-refractivity contribution in [1.82, 2.24) is 29.5 Å². The first-order chi connectivity index (χ1) is 13.5. The van der Waals surface area contributed by atoms with Crippen LogP contribution in [0.15, 0.2) is 30.3 Å². The molecule has 0 radical (unpaired) electrons. The molecule has 142 valence electrons. The minimum atomic E-state index is -0.0679. The summed E-state index contributed by atoms with van der Waals surface area (Å²) in [7, 11) is 0. The molecule has 0 bridgehead atoms. The number of carbonyl (C=O) groups is 1. The summed E-state index contributed by atoms with van der Waals surface area (Å²) in [5.74, 6) is 0.780. The lowest BCUT2D eigenvalue weighted by Crippen LogP contribution is -2.31. The quantitative estimate of drug-likeness (QED) is 0.582. The fraction of sp³-hybridized carbons (Fsp3) is 0.333. The van der Waals surface area contributed by atoms with Gasteiger partial charge in [0.15, 0.2) is 11.3 Å². The van der Waals surface area contributed by atoms with Gasteiger partial charge in [0.1, 0.15) is 5.82 Å². The Hall–Kier alpha value is -3.22. The van der Waals surface area contributed by atoms with Gasteiger partial charge in [-0.1, -0.05) is 6.07 Å². The van der Waals surface area contributed by atoms with E-state index in [4.69, 9.17) is 4.98 Å². The molecule has 3 aromatic heterocycles. The van der Waals surface area contributed by atoms with E-state index in [2.05, 4.69) is 34.1 Å². The van der Waals surface area contributed by atoms with Crippen LogP contribution in [-0.2, 0) is 0 Å². The number of fused-ring (bicyclic) bond motifs is 2. The van der Waals surface area contributed by atoms with Crippen molar-refractivity contribution in [3.8, 4) is 0 Å². The first-order valence-corrected chi connectivity index (χ1v) is 9.61. The zero-order valence-electron chi connectivity index (χ0n) is 16.2. The largest absolute Gasteiger partial charge is 0.340 e. The summed E-state index contributed by atoms with van der Waals surface area (Å²) in [6, 6.07) is 9.85. The average molecular weight is 374 g/mol. The van der Waals surface area contributed by atoms with Gasteiger partial charge in [0.25, 0.3) is 5.91 Å². The van der Waals surface area contributed by atoms with Crippen LogP contribution in [-0.4, -0.2) is 41.9 Å². The molecule has 0 spiro atoms. The van der Waals surface area contributed by atoms with Gasteiger partial charge in [-0.3, -0.25) is 4.79 Å². The van der Waals surface area contributed by atoms with Gasteiger partial charge in [-0.05, 0) is 57.4 Å². The van der Waals surface area contributed by atoms with Crippen LogP contribution in [0.3, 0.4) is 0 Å². The van der Waals surface area contributed by atoms with E-state index < -0.39 is 0 Å². The second-order valence-corrected chi connectivity index (χ2v) is 7.64. The maximum absolute atomic E-state index is 13.2. The highest BCUT2D eigenvalue weighted by atomic mass is 16.2. The smallest absolute Gasteiger partial charge is 0.275 e. The lowest BCUT2D eigenvalue weighted by molar-refractivity contribution is 0.0724. The maximum Gasteiger partial charge on any atom is 0.275 e. The number of imidazole rings is 1. The van der Waals surface area contributed by atoms with Crippen LogP contribution in [0.4, 0.5) is 0 Å². The standard InChI is InChI=1S/C21H22N6O/c1-12-6-7-15-16(9-12)24-20(23-15)18-5-4-8-26(18)21(28)17-11-19-22-13(2)10-14(3)27(19)25-17/h6-7,9-11,18H,4-5,8H2,1-3H3,(H,23,24)/t18-/m1/s1. The average Bonchev–Trinajstić information content (AvgIpc) is 3.37. The Morgan fingerprint density at radius 2 is 2.00 bits per heavy atom. The van der Waals surface area contributed by atoms with E-state index in [0.29, 0.717) is 17.9 Å². The Labute approximate surface area is 162 Å². The van der Waals surface area contributed by atoms with Crippen LogP contribution >= 0.6 is 0 Å². The van der Waals surface area contributed by atoms with Gasteiger partial charge in [-0.15, -0.1) is 0 Å². The highest BCUT2D eigenvalue weighted by molar-refractivity contribution is 5.94. The molecule has 28 heavy (non-hydrogen) atoms. The molecule has 4 heterocycles. The monoisotopic (exact) mass is 374 g/mol. The summed E-state index contributed by atoms with van der Waals surface area (Å²) >= 11 is 0. The number of likely N-dealkylation sites (tertiary alicyclic amines) is 1. The van der Waals surface area contributed by atoms with E-state index >= 15 is 0 Å². The number of carbonyl (C=O) groups excluding carboxylic acids is 1. The molecule has 1 atom stereocenters. The van der Waals surface area contributed by atoms with E-state index in [1.165, 1.54) is 5.56 Å². The minimum absolute atomic E-state index is 0.0548. The number of H-pyrrole nitrogens is 1.